The fourth-order valence-corrected chi connectivity index (χ4v) is 8.86. The molecule has 1 unspecified atom stereocenters. The van der Waals surface area contributed by atoms with Crippen LogP contribution in [0.15, 0.2) is 11.6 Å². The van der Waals surface area contributed by atoms with Crippen molar-refractivity contribution in [2.24, 2.45) is 34.5 Å². The zero-order valence-electron chi connectivity index (χ0n) is 19.3. The number of carbonyl (C=O) groups is 2. The standard InChI is InChI=1S/C27H39ClO3/c1-26-13-11-19(29)16-18(26)7-8-20-21-9-10-24(27(21,2)14-12-22(20)26)31-25(30)23(28)15-17-5-3-4-6-17/h16-17,20-24H,3-15H2,1-2H3/t20-,21-,22-,23?,24-,26-,27-/m0/s1. The number of fused-ring (bicyclic) bond motifs is 5. The number of hydrogen-bond donors (Lipinski definition) is 0. The maximum absolute atomic E-state index is 12.9. The van der Waals surface area contributed by atoms with Gasteiger partial charge in [0.1, 0.15) is 11.5 Å². The maximum atomic E-state index is 12.9. The van der Waals surface area contributed by atoms with Crippen molar-refractivity contribution in [3.8, 4) is 0 Å². The van der Waals surface area contributed by atoms with Gasteiger partial charge in [0.15, 0.2) is 5.78 Å². The number of rotatable bonds is 4. The van der Waals surface area contributed by atoms with E-state index in [1.165, 1.54) is 50.5 Å². The molecule has 0 aromatic rings. The van der Waals surface area contributed by atoms with Crippen molar-refractivity contribution in [2.75, 3.05) is 0 Å². The normalized spacial score (nSPS) is 43.6. The first-order chi connectivity index (χ1) is 14.8. The molecule has 0 aromatic heterocycles. The number of ether oxygens (including phenoxy) is 1. The van der Waals surface area contributed by atoms with Crippen LogP contribution >= 0.6 is 11.6 Å². The smallest absolute Gasteiger partial charge is 0.324 e. The average Bonchev–Trinajstić information content (AvgIpc) is 3.36. The molecule has 0 spiro atoms. The van der Waals surface area contributed by atoms with Crippen LogP contribution in [0.25, 0.3) is 0 Å². The predicted octanol–water partition coefficient (Wildman–Crippen LogP) is 6.62. The molecule has 4 heteroatoms. The fraction of sp³-hybridized carbons (Fsp3) is 0.852. The quantitative estimate of drug-likeness (QED) is 0.360. The number of ketones is 1. The molecule has 7 atom stereocenters. The van der Waals surface area contributed by atoms with Gasteiger partial charge in [-0.3, -0.25) is 9.59 Å². The van der Waals surface area contributed by atoms with Gasteiger partial charge in [0.2, 0.25) is 0 Å². The minimum atomic E-state index is -0.483. The first kappa shape index (κ1) is 22.0. The first-order valence-electron chi connectivity index (χ1n) is 12.9. The van der Waals surface area contributed by atoms with Crippen molar-refractivity contribution >= 4 is 23.4 Å². The Balaban J connectivity index is 1.27. The summed E-state index contributed by atoms with van der Waals surface area (Å²) in [6, 6.07) is 0. The summed E-state index contributed by atoms with van der Waals surface area (Å²) < 4.78 is 6.15. The molecule has 0 aliphatic heterocycles. The molecule has 0 bridgehead atoms. The van der Waals surface area contributed by atoms with E-state index in [1.807, 2.05) is 6.08 Å². The minimum absolute atomic E-state index is 0.0217. The summed E-state index contributed by atoms with van der Waals surface area (Å²) in [5.41, 5.74) is 1.71. The van der Waals surface area contributed by atoms with Gasteiger partial charge < -0.3 is 4.74 Å². The summed E-state index contributed by atoms with van der Waals surface area (Å²) >= 11 is 6.52. The Morgan fingerprint density at radius 3 is 2.61 bits per heavy atom. The van der Waals surface area contributed by atoms with Crippen LogP contribution in [0.4, 0.5) is 0 Å². The number of esters is 1. The molecule has 5 aliphatic rings. The van der Waals surface area contributed by atoms with Gasteiger partial charge in [-0.1, -0.05) is 45.1 Å². The Morgan fingerprint density at radius 1 is 1.06 bits per heavy atom. The van der Waals surface area contributed by atoms with Crippen LogP contribution in [-0.2, 0) is 14.3 Å². The lowest BCUT2D eigenvalue weighted by molar-refractivity contribution is -0.159. The Hall–Kier alpha value is -0.830. The molecule has 4 saturated carbocycles. The van der Waals surface area contributed by atoms with Crippen molar-refractivity contribution in [3.63, 3.8) is 0 Å². The van der Waals surface area contributed by atoms with Crippen molar-refractivity contribution in [3.05, 3.63) is 11.6 Å². The molecule has 0 amide bonds. The third-order valence-corrected chi connectivity index (χ3v) is 10.8. The Labute approximate surface area is 192 Å². The molecule has 5 aliphatic carbocycles. The van der Waals surface area contributed by atoms with E-state index in [-0.39, 0.29) is 22.9 Å². The highest BCUT2D eigenvalue weighted by molar-refractivity contribution is 6.29. The van der Waals surface area contributed by atoms with Gasteiger partial charge in [-0.05, 0) is 86.5 Å². The highest BCUT2D eigenvalue weighted by Gasteiger charge is 2.60. The second-order valence-electron chi connectivity index (χ2n) is 11.9. The molecule has 31 heavy (non-hydrogen) atoms. The van der Waals surface area contributed by atoms with Gasteiger partial charge in [0.05, 0.1) is 0 Å². The zero-order valence-corrected chi connectivity index (χ0v) is 20.1. The van der Waals surface area contributed by atoms with E-state index in [0.29, 0.717) is 35.9 Å². The SMILES string of the molecule is C[C@]12CC[C@H]3[C@@H](CCC4=CC(=O)CC[C@@]43C)[C@@H]1CC[C@@H]2OC(=O)C(Cl)CC1CCCC1. The Kier molecular flexibility index (Phi) is 5.81. The van der Waals surface area contributed by atoms with Crippen molar-refractivity contribution in [1.29, 1.82) is 0 Å². The van der Waals surface area contributed by atoms with Crippen molar-refractivity contribution in [2.45, 2.75) is 109 Å². The second-order valence-corrected chi connectivity index (χ2v) is 12.4. The van der Waals surface area contributed by atoms with Gasteiger partial charge in [0.25, 0.3) is 0 Å². The number of carbonyl (C=O) groups excluding carboxylic acids is 2. The minimum Gasteiger partial charge on any atom is -0.461 e. The van der Waals surface area contributed by atoms with Crippen LogP contribution in [0.2, 0.25) is 0 Å². The molecule has 172 valence electrons. The van der Waals surface area contributed by atoms with E-state index in [0.717, 1.165) is 32.1 Å². The summed E-state index contributed by atoms with van der Waals surface area (Å²) in [4.78, 5) is 24.9. The van der Waals surface area contributed by atoms with Crippen molar-refractivity contribution < 1.29 is 14.3 Å². The summed E-state index contributed by atoms with van der Waals surface area (Å²) in [6.45, 7) is 4.81. The molecule has 0 heterocycles. The molecule has 4 fully saturated rings. The molecule has 3 nitrogen and oxygen atoms in total. The van der Waals surface area contributed by atoms with Gasteiger partial charge >= 0.3 is 5.97 Å². The van der Waals surface area contributed by atoms with Crippen LogP contribution < -0.4 is 0 Å². The molecule has 0 saturated heterocycles. The summed E-state index contributed by atoms with van der Waals surface area (Å²) in [5.74, 6) is 2.76. The third-order valence-electron chi connectivity index (χ3n) is 10.4. The van der Waals surface area contributed by atoms with E-state index in [2.05, 4.69) is 13.8 Å². The van der Waals surface area contributed by atoms with Crippen LogP contribution in [-0.4, -0.2) is 23.2 Å². The Bertz CT molecular complexity index is 768. The monoisotopic (exact) mass is 446 g/mol. The molecular formula is C27H39ClO3. The topological polar surface area (TPSA) is 43.4 Å². The van der Waals surface area contributed by atoms with Gasteiger partial charge in [0, 0.05) is 11.8 Å². The van der Waals surface area contributed by atoms with E-state index < -0.39 is 5.38 Å². The van der Waals surface area contributed by atoms with Crippen LogP contribution in [0.3, 0.4) is 0 Å². The van der Waals surface area contributed by atoms with E-state index in [1.54, 1.807) is 0 Å². The molecule has 0 radical (unpaired) electrons. The Morgan fingerprint density at radius 2 is 1.84 bits per heavy atom. The molecule has 0 N–H and O–H groups in total. The lowest BCUT2D eigenvalue weighted by Gasteiger charge is -2.57. The number of allylic oxidation sites excluding steroid dienone is 1. The molecule has 5 rings (SSSR count). The highest BCUT2D eigenvalue weighted by atomic mass is 35.5. The van der Waals surface area contributed by atoms with Crippen molar-refractivity contribution in [1.82, 2.24) is 0 Å². The van der Waals surface area contributed by atoms with E-state index in [9.17, 15) is 9.59 Å². The average molecular weight is 447 g/mol. The third kappa shape index (κ3) is 3.71. The first-order valence-corrected chi connectivity index (χ1v) is 13.3. The summed E-state index contributed by atoms with van der Waals surface area (Å²) in [6.07, 6.45) is 16.2. The van der Waals surface area contributed by atoms with Crippen LogP contribution in [0.1, 0.15) is 97.3 Å². The highest BCUT2D eigenvalue weighted by Crippen LogP contribution is 2.65. The lowest BCUT2D eigenvalue weighted by atomic mass is 9.47. The predicted molar refractivity (Wildman–Crippen MR) is 123 cm³/mol. The number of hydrogen-bond acceptors (Lipinski definition) is 3. The second kappa shape index (κ2) is 8.19. The van der Waals surface area contributed by atoms with E-state index >= 15 is 0 Å². The largest absolute Gasteiger partial charge is 0.461 e. The fourth-order valence-electron chi connectivity index (χ4n) is 8.55. The number of halogens is 1. The van der Waals surface area contributed by atoms with Crippen LogP contribution in [0.5, 0.6) is 0 Å². The van der Waals surface area contributed by atoms with Crippen LogP contribution in [0, 0.1) is 34.5 Å². The molecular weight excluding hydrogens is 408 g/mol. The summed E-state index contributed by atoms with van der Waals surface area (Å²) in [7, 11) is 0. The van der Waals surface area contributed by atoms with E-state index in [4.69, 9.17) is 16.3 Å². The number of alkyl halides is 1. The van der Waals surface area contributed by atoms with Gasteiger partial charge in [-0.15, -0.1) is 11.6 Å². The zero-order chi connectivity index (χ0) is 21.8. The molecule has 0 aromatic carbocycles. The van der Waals surface area contributed by atoms with Gasteiger partial charge in [-0.25, -0.2) is 0 Å². The maximum Gasteiger partial charge on any atom is 0.324 e. The lowest BCUT2D eigenvalue weighted by Crippen LogP contribution is -2.51. The van der Waals surface area contributed by atoms with Gasteiger partial charge in [-0.2, -0.15) is 0 Å². The summed E-state index contributed by atoms with van der Waals surface area (Å²) in [5, 5.41) is -0.483.